The van der Waals surface area contributed by atoms with Crippen LogP contribution in [0.25, 0.3) is 0 Å². The van der Waals surface area contributed by atoms with E-state index in [0.717, 1.165) is 44.2 Å². The molecule has 3 nitrogen and oxygen atoms in total. The zero-order chi connectivity index (χ0) is 13.0. The second kappa shape index (κ2) is 6.41. The van der Waals surface area contributed by atoms with Crippen LogP contribution in [-0.2, 0) is 11.2 Å². The van der Waals surface area contributed by atoms with Crippen LogP contribution in [0.15, 0.2) is 18.2 Å². The van der Waals surface area contributed by atoms with Gasteiger partial charge in [0.1, 0.15) is 0 Å². The lowest BCUT2D eigenvalue weighted by atomic mass is 10.0. The fraction of sp³-hybridized carbons (Fsp3) is 0.571. The van der Waals surface area contributed by atoms with Crippen LogP contribution in [0.2, 0.25) is 5.02 Å². The summed E-state index contributed by atoms with van der Waals surface area (Å²) in [5.74, 6) is 0. The maximum Gasteiger partial charge on any atom is 0.0642 e. The molecule has 1 saturated heterocycles. The summed E-state index contributed by atoms with van der Waals surface area (Å²) in [7, 11) is 0. The smallest absolute Gasteiger partial charge is 0.0642 e. The Bertz CT molecular complexity index is 391. The first-order chi connectivity index (χ1) is 8.70. The molecule has 1 fully saturated rings. The molecule has 2 rings (SSSR count). The van der Waals surface area contributed by atoms with Gasteiger partial charge in [-0.15, -0.1) is 0 Å². The molecule has 0 radical (unpaired) electrons. The molecule has 1 aromatic rings. The summed E-state index contributed by atoms with van der Waals surface area (Å²) in [5, 5.41) is 0.783. The molecule has 1 heterocycles. The normalized spacial score (nSPS) is 17.8. The largest absolute Gasteiger partial charge is 0.378 e. The van der Waals surface area contributed by atoms with Crippen molar-refractivity contribution in [2.45, 2.75) is 25.8 Å². The van der Waals surface area contributed by atoms with Crippen molar-refractivity contribution < 1.29 is 4.74 Å². The van der Waals surface area contributed by atoms with E-state index in [-0.39, 0.29) is 6.04 Å². The molecule has 0 amide bonds. The van der Waals surface area contributed by atoms with Crippen LogP contribution >= 0.6 is 11.6 Å². The highest BCUT2D eigenvalue weighted by Crippen LogP contribution is 2.27. The number of ether oxygens (including phenoxy) is 1. The monoisotopic (exact) mass is 268 g/mol. The number of benzene rings is 1. The lowest BCUT2D eigenvalue weighted by Gasteiger charge is -2.31. The molecule has 100 valence electrons. The molecule has 1 aromatic carbocycles. The fourth-order valence-corrected chi connectivity index (χ4v) is 2.40. The average Bonchev–Trinajstić information content (AvgIpc) is 2.41. The van der Waals surface area contributed by atoms with Gasteiger partial charge in [0.25, 0.3) is 0 Å². The minimum atomic E-state index is 0.214. The molecule has 0 bridgehead atoms. The average molecular weight is 269 g/mol. The van der Waals surface area contributed by atoms with Crippen LogP contribution in [-0.4, -0.2) is 32.3 Å². The van der Waals surface area contributed by atoms with Gasteiger partial charge in [0.2, 0.25) is 0 Å². The van der Waals surface area contributed by atoms with Crippen LogP contribution < -0.4 is 10.6 Å². The Morgan fingerprint density at radius 1 is 1.39 bits per heavy atom. The van der Waals surface area contributed by atoms with Gasteiger partial charge in [-0.25, -0.2) is 0 Å². The molecule has 0 aromatic heterocycles. The first-order valence-electron chi connectivity index (χ1n) is 6.57. The maximum atomic E-state index is 6.12. The van der Waals surface area contributed by atoms with E-state index in [1.807, 2.05) is 12.1 Å². The quantitative estimate of drug-likeness (QED) is 0.912. The van der Waals surface area contributed by atoms with Gasteiger partial charge in [0, 0.05) is 29.8 Å². The Hall–Kier alpha value is -0.770. The molecule has 2 N–H and O–H groups in total. The van der Waals surface area contributed by atoms with E-state index >= 15 is 0 Å². The Labute approximate surface area is 114 Å². The Kier molecular flexibility index (Phi) is 4.87. The van der Waals surface area contributed by atoms with Gasteiger partial charge in [-0.1, -0.05) is 24.6 Å². The number of hydrogen-bond acceptors (Lipinski definition) is 3. The van der Waals surface area contributed by atoms with E-state index in [4.69, 9.17) is 22.1 Å². The van der Waals surface area contributed by atoms with E-state index < -0.39 is 0 Å². The zero-order valence-electron chi connectivity index (χ0n) is 10.9. The highest BCUT2D eigenvalue weighted by atomic mass is 35.5. The number of nitrogens with two attached hydrogens (primary N) is 1. The topological polar surface area (TPSA) is 38.5 Å². The summed E-state index contributed by atoms with van der Waals surface area (Å²) in [5.41, 5.74) is 8.57. The summed E-state index contributed by atoms with van der Waals surface area (Å²) in [6, 6.07) is 6.31. The Morgan fingerprint density at radius 2 is 2.11 bits per heavy atom. The number of morpholine rings is 1. The fourth-order valence-electron chi connectivity index (χ4n) is 2.24. The summed E-state index contributed by atoms with van der Waals surface area (Å²) >= 11 is 6.12. The number of anilines is 1. The van der Waals surface area contributed by atoms with Gasteiger partial charge in [-0.2, -0.15) is 0 Å². The summed E-state index contributed by atoms with van der Waals surface area (Å²) in [6.07, 6.45) is 1.89. The van der Waals surface area contributed by atoms with Crippen LogP contribution in [0.3, 0.4) is 0 Å². The van der Waals surface area contributed by atoms with Gasteiger partial charge in [0.15, 0.2) is 0 Å². The zero-order valence-corrected chi connectivity index (χ0v) is 11.6. The van der Waals surface area contributed by atoms with Gasteiger partial charge in [-0.3, -0.25) is 0 Å². The van der Waals surface area contributed by atoms with Gasteiger partial charge in [0.05, 0.1) is 13.2 Å². The second-order valence-electron chi connectivity index (χ2n) is 4.74. The van der Waals surface area contributed by atoms with Crippen LogP contribution in [0.4, 0.5) is 5.69 Å². The van der Waals surface area contributed by atoms with Crippen LogP contribution in [0.1, 0.15) is 18.9 Å². The second-order valence-corrected chi connectivity index (χ2v) is 5.18. The highest BCUT2D eigenvalue weighted by molar-refractivity contribution is 6.30. The highest BCUT2D eigenvalue weighted by Gasteiger charge is 2.16. The van der Waals surface area contributed by atoms with Crippen molar-refractivity contribution in [3.8, 4) is 0 Å². The predicted molar refractivity (Wildman–Crippen MR) is 76.5 cm³/mol. The molecule has 0 saturated carbocycles. The molecule has 18 heavy (non-hydrogen) atoms. The lowest BCUT2D eigenvalue weighted by Crippen LogP contribution is -2.37. The minimum absolute atomic E-state index is 0.214. The van der Waals surface area contributed by atoms with E-state index in [0.29, 0.717) is 0 Å². The molecule has 1 aliphatic heterocycles. The molecular formula is C14H21ClN2O. The SMILES string of the molecule is CCC(N)Cc1ccc(Cl)cc1N1CCOCC1. The van der Waals surface area contributed by atoms with E-state index in [1.165, 1.54) is 11.3 Å². The maximum absolute atomic E-state index is 6.12. The van der Waals surface area contributed by atoms with Crippen LogP contribution in [0, 0.1) is 0 Å². The van der Waals surface area contributed by atoms with Gasteiger partial charge < -0.3 is 15.4 Å². The first-order valence-corrected chi connectivity index (χ1v) is 6.95. The van der Waals surface area contributed by atoms with Crippen molar-refractivity contribution in [2.24, 2.45) is 5.73 Å². The molecular weight excluding hydrogens is 248 g/mol. The third-order valence-corrected chi connectivity index (χ3v) is 3.64. The number of hydrogen-bond donors (Lipinski definition) is 1. The Balaban J connectivity index is 2.22. The summed E-state index contributed by atoms with van der Waals surface area (Å²) in [4.78, 5) is 2.34. The number of nitrogens with zero attached hydrogens (tertiary/aromatic N) is 1. The minimum Gasteiger partial charge on any atom is -0.378 e. The standard InChI is InChI=1S/C14H21ClN2O/c1-2-13(16)9-11-3-4-12(15)10-14(11)17-5-7-18-8-6-17/h3-4,10,13H,2,5-9,16H2,1H3. The van der Waals surface area contributed by atoms with E-state index in [9.17, 15) is 0 Å². The molecule has 4 heteroatoms. The summed E-state index contributed by atoms with van der Waals surface area (Å²) in [6.45, 7) is 5.54. The first kappa shape index (κ1) is 13.7. The van der Waals surface area contributed by atoms with Crippen molar-refractivity contribution in [1.29, 1.82) is 0 Å². The molecule has 0 spiro atoms. The molecule has 1 unspecified atom stereocenters. The number of rotatable bonds is 4. The molecule has 0 aliphatic carbocycles. The molecule has 1 atom stereocenters. The van der Waals surface area contributed by atoms with E-state index in [2.05, 4.69) is 17.9 Å². The van der Waals surface area contributed by atoms with Crippen LogP contribution in [0.5, 0.6) is 0 Å². The van der Waals surface area contributed by atoms with Crippen molar-refractivity contribution >= 4 is 17.3 Å². The van der Waals surface area contributed by atoms with E-state index in [1.54, 1.807) is 0 Å². The van der Waals surface area contributed by atoms with Gasteiger partial charge >= 0.3 is 0 Å². The number of halogens is 1. The third-order valence-electron chi connectivity index (χ3n) is 3.41. The van der Waals surface area contributed by atoms with Crippen molar-refractivity contribution in [1.82, 2.24) is 0 Å². The van der Waals surface area contributed by atoms with Crippen molar-refractivity contribution in [3.05, 3.63) is 28.8 Å². The van der Waals surface area contributed by atoms with Crippen molar-refractivity contribution in [3.63, 3.8) is 0 Å². The third kappa shape index (κ3) is 3.37. The lowest BCUT2D eigenvalue weighted by molar-refractivity contribution is 0.122. The van der Waals surface area contributed by atoms with Gasteiger partial charge in [-0.05, 0) is 30.5 Å². The van der Waals surface area contributed by atoms with Crippen molar-refractivity contribution in [2.75, 3.05) is 31.2 Å². The molecule has 1 aliphatic rings. The Morgan fingerprint density at radius 3 is 2.78 bits per heavy atom. The predicted octanol–water partition coefficient (Wildman–Crippen LogP) is 2.46. The summed E-state index contributed by atoms with van der Waals surface area (Å²) < 4.78 is 5.39.